The smallest absolute Gasteiger partial charge is 0.325 e. The summed E-state index contributed by atoms with van der Waals surface area (Å²) in [4.78, 5) is 24.9. The Labute approximate surface area is 117 Å². The Hall–Kier alpha value is -2.05. The number of ether oxygens (including phenoxy) is 1. The molecule has 0 spiro atoms. The van der Waals surface area contributed by atoms with E-state index in [0.717, 1.165) is 29.9 Å². The molecule has 0 bridgehead atoms. The summed E-state index contributed by atoms with van der Waals surface area (Å²) >= 11 is 0. The van der Waals surface area contributed by atoms with E-state index in [1.165, 1.54) is 7.11 Å². The first-order chi connectivity index (χ1) is 9.54. The van der Waals surface area contributed by atoms with Crippen LogP contribution in [-0.2, 0) is 9.53 Å². The number of carbonyl (C=O) groups excluding carboxylic acids is 2. The summed E-state index contributed by atoms with van der Waals surface area (Å²) < 4.78 is 9.67. The molecule has 1 aliphatic rings. The van der Waals surface area contributed by atoms with E-state index >= 15 is 0 Å². The molecule has 1 aromatic rings. The van der Waals surface area contributed by atoms with Crippen LogP contribution < -0.4 is 5.32 Å². The first kappa shape index (κ1) is 14.4. The van der Waals surface area contributed by atoms with Gasteiger partial charge in [0.15, 0.2) is 0 Å². The number of rotatable bonds is 3. The molecule has 2 heterocycles. The molecule has 20 heavy (non-hydrogen) atoms. The lowest BCUT2D eigenvalue weighted by Crippen LogP contribution is -2.42. The lowest BCUT2D eigenvalue weighted by molar-refractivity contribution is -0.139. The SMILES string of the molecule is COC(=O)CNC(=O)N1CCC[C@H]1c1c(C)noc1C. The van der Waals surface area contributed by atoms with Crippen molar-refractivity contribution in [3.63, 3.8) is 0 Å². The van der Waals surface area contributed by atoms with Gasteiger partial charge in [0.1, 0.15) is 12.3 Å². The van der Waals surface area contributed by atoms with E-state index in [0.29, 0.717) is 6.54 Å². The number of aromatic nitrogens is 1. The number of amides is 2. The zero-order valence-corrected chi connectivity index (χ0v) is 11.9. The molecule has 1 N–H and O–H groups in total. The second kappa shape index (κ2) is 5.94. The summed E-state index contributed by atoms with van der Waals surface area (Å²) in [6.07, 6.45) is 1.79. The maximum Gasteiger partial charge on any atom is 0.325 e. The third kappa shape index (κ3) is 2.76. The van der Waals surface area contributed by atoms with E-state index in [-0.39, 0.29) is 18.6 Å². The highest BCUT2D eigenvalue weighted by atomic mass is 16.5. The molecule has 0 saturated carbocycles. The van der Waals surface area contributed by atoms with Crippen molar-refractivity contribution in [3.8, 4) is 0 Å². The van der Waals surface area contributed by atoms with Gasteiger partial charge >= 0.3 is 12.0 Å². The van der Waals surface area contributed by atoms with Crippen LogP contribution in [0.3, 0.4) is 0 Å². The molecule has 110 valence electrons. The van der Waals surface area contributed by atoms with Crippen molar-refractivity contribution in [2.45, 2.75) is 32.7 Å². The zero-order valence-electron chi connectivity index (χ0n) is 11.9. The summed E-state index contributed by atoms with van der Waals surface area (Å²) in [5, 5.41) is 6.50. The van der Waals surface area contributed by atoms with E-state index in [9.17, 15) is 9.59 Å². The van der Waals surface area contributed by atoms with Crippen LogP contribution in [0.25, 0.3) is 0 Å². The summed E-state index contributed by atoms with van der Waals surface area (Å²) in [6, 6.07) is -0.309. The van der Waals surface area contributed by atoms with Crippen molar-refractivity contribution in [2.75, 3.05) is 20.2 Å². The van der Waals surface area contributed by atoms with E-state index in [1.54, 1.807) is 4.90 Å². The van der Waals surface area contributed by atoms with Gasteiger partial charge in [0.05, 0.1) is 18.8 Å². The highest BCUT2D eigenvalue weighted by Gasteiger charge is 2.33. The van der Waals surface area contributed by atoms with Crippen molar-refractivity contribution >= 4 is 12.0 Å². The van der Waals surface area contributed by atoms with Gasteiger partial charge in [0.25, 0.3) is 0 Å². The zero-order chi connectivity index (χ0) is 14.7. The van der Waals surface area contributed by atoms with Crippen LogP contribution in [0.1, 0.15) is 35.9 Å². The van der Waals surface area contributed by atoms with Crippen LogP contribution in [0.5, 0.6) is 0 Å². The van der Waals surface area contributed by atoms with Crippen LogP contribution in [0.4, 0.5) is 4.79 Å². The highest BCUT2D eigenvalue weighted by molar-refractivity contribution is 5.81. The first-order valence-electron chi connectivity index (χ1n) is 6.58. The third-order valence-corrected chi connectivity index (χ3v) is 3.55. The number of urea groups is 1. The van der Waals surface area contributed by atoms with Gasteiger partial charge in [-0.2, -0.15) is 0 Å². The molecule has 7 heteroatoms. The van der Waals surface area contributed by atoms with Gasteiger partial charge in [-0.1, -0.05) is 5.16 Å². The molecule has 1 atom stereocenters. The number of aryl methyl sites for hydroxylation is 2. The van der Waals surface area contributed by atoms with Crippen LogP contribution in [0, 0.1) is 13.8 Å². The lowest BCUT2D eigenvalue weighted by atomic mass is 10.0. The number of esters is 1. The van der Waals surface area contributed by atoms with Gasteiger partial charge < -0.3 is 19.5 Å². The first-order valence-corrected chi connectivity index (χ1v) is 6.58. The summed E-state index contributed by atoms with van der Waals surface area (Å²) in [5.41, 5.74) is 1.77. The van der Waals surface area contributed by atoms with Crippen LogP contribution in [-0.4, -0.2) is 42.3 Å². The molecule has 1 fully saturated rings. The van der Waals surface area contributed by atoms with Gasteiger partial charge in [-0.3, -0.25) is 4.79 Å². The quantitative estimate of drug-likeness (QED) is 0.844. The average molecular weight is 281 g/mol. The summed E-state index contributed by atoms with van der Waals surface area (Å²) in [7, 11) is 1.29. The molecular formula is C13H19N3O4. The second-order valence-electron chi connectivity index (χ2n) is 4.82. The second-order valence-corrected chi connectivity index (χ2v) is 4.82. The molecule has 1 aromatic heterocycles. The van der Waals surface area contributed by atoms with Gasteiger partial charge in [-0.05, 0) is 26.7 Å². The molecule has 0 aliphatic carbocycles. The third-order valence-electron chi connectivity index (χ3n) is 3.55. The fourth-order valence-electron chi connectivity index (χ4n) is 2.60. The molecule has 1 saturated heterocycles. The Balaban J connectivity index is 2.08. The molecule has 1 aliphatic heterocycles. The Kier molecular flexibility index (Phi) is 4.26. The largest absolute Gasteiger partial charge is 0.468 e. The predicted octanol–water partition coefficient (Wildman–Crippen LogP) is 1.31. The van der Waals surface area contributed by atoms with Crippen molar-refractivity contribution < 1.29 is 18.8 Å². The summed E-state index contributed by atoms with van der Waals surface area (Å²) in [5.74, 6) is 0.270. The Bertz CT molecular complexity index is 492. The van der Waals surface area contributed by atoms with Crippen LogP contribution in [0.2, 0.25) is 0 Å². The molecule has 2 rings (SSSR count). The van der Waals surface area contributed by atoms with Crippen molar-refractivity contribution in [2.24, 2.45) is 0 Å². The van der Waals surface area contributed by atoms with Crippen molar-refractivity contribution in [3.05, 3.63) is 17.0 Å². The molecule has 0 unspecified atom stereocenters. The number of likely N-dealkylation sites (tertiary alicyclic amines) is 1. The van der Waals surface area contributed by atoms with E-state index in [2.05, 4.69) is 15.2 Å². The van der Waals surface area contributed by atoms with Crippen LogP contribution in [0.15, 0.2) is 4.52 Å². The molecular weight excluding hydrogens is 262 g/mol. The van der Waals surface area contributed by atoms with Crippen LogP contribution >= 0.6 is 0 Å². The number of carbonyl (C=O) groups is 2. The maximum atomic E-state index is 12.1. The van der Waals surface area contributed by atoms with Crippen molar-refractivity contribution in [1.82, 2.24) is 15.4 Å². The Morgan fingerprint density at radius 1 is 1.50 bits per heavy atom. The minimum atomic E-state index is -0.466. The molecule has 7 nitrogen and oxygen atoms in total. The van der Waals surface area contributed by atoms with E-state index in [1.807, 2.05) is 13.8 Å². The van der Waals surface area contributed by atoms with Gasteiger partial charge in [-0.25, -0.2) is 4.79 Å². The number of methoxy groups -OCH3 is 1. The minimum Gasteiger partial charge on any atom is -0.468 e. The molecule has 2 amide bonds. The standard InChI is InChI=1S/C13H19N3O4/c1-8-12(9(2)20-15-8)10-5-4-6-16(10)13(18)14-7-11(17)19-3/h10H,4-7H2,1-3H3,(H,14,18)/t10-/m0/s1. The van der Waals surface area contributed by atoms with Crippen molar-refractivity contribution in [1.29, 1.82) is 0 Å². The predicted molar refractivity (Wildman–Crippen MR) is 70.1 cm³/mol. The Morgan fingerprint density at radius 3 is 2.85 bits per heavy atom. The number of hydrogen-bond acceptors (Lipinski definition) is 5. The average Bonchev–Trinajstić information content (AvgIpc) is 3.02. The van der Waals surface area contributed by atoms with Gasteiger partial charge in [0.2, 0.25) is 0 Å². The number of nitrogens with zero attached hydrogens (tertiary/aromatic N) is 2. The lowest BCUT2D eigenvalue weighted by Gasteiger charge is -2.24. The fourth-order valence-corrected chi connectivity index (χ4v) is 2.60. The van der Waals surface area contributed by atoms with E-state index < -0.39 is 5.97 Å². The maximum absolute atomic E-state index is 12.1. The topological polar surface area (TPSA) is 84.7 Å². The number of hydrogen-bond donors (Lipinski definition) is 1. The fraction of sp³-hybridized carbons (Fsp3) is 0.615. The highest BCUT2D eigenvalue weighted by Crippen LogP contribution is 2.35. The normalized spacial score (nSPS) is 18.1. The molecule has 0 radical (unpaired) electrons. The van der Waals surface area contributed by atoms with Gasteiger partial charge in [0, 0.05) is 12.1 Å². The monoisotopic (exact) mass is 281 g/mol. The minimum absolute atomic E-state index is 0.0427. The Morgan fingerprint density at radius 2 is 2.25 bits per heavy atom. The molecule has 0 aromatic carbocycles. The number of nitrogens with one attached hydrogen (secondary N) is 1. The summed E-state index contributed by atoms with van der Waals surface area (Å²) in [6.45, 7) is 4.24. The van der Waals surface area contributed by atoms with E-state index in [4.69, 9.17) is 4.52 Å². The van der Waals surface area contributed by atoms with Gasteiger partial charge in [-0.15, -0.1) is 0 Å².